The van der Waals surface area contributed by atoms with Crippen molar-refractivity contribution in [1.29, 1.82) is 0 Å². The molecule has 10 atom stereocenters. The number of ether oxygens (including phenoxy) is 2. The van der Waals surface area contributed by atoms with Crippen molar-refractivity contribution in [3.63, 3.8) is 0 Å². The predicted octanol–water partition coefficient (Wildman–Crippen LogP) is 5.26. The molecule has 19 heteroatoms. The van der Waals surface area contributed by atoms with E-state index in [4.69, 9.17) is 15.2 Å². The molecular weight excluding hydrogens is 971 g/mol. The minimum Gasteiger partial charge on any atom is -0.381 e. The number of aromatic nitrogens is 1. The van der Waals surface area contributed by atoms with E-state index in [1.54, 1.807) is 14.0 Å². The number of aromatic amines is 1. The van der Waals surface area contributed by atoms with Crippen molar-refractivity contribution in [1.82, 2.24) is 41.0 Å². The van der Waals surface area contributed by atoms with Crippen LogP contribution in [0.15, 0.2) is 42.6 Å². The van der Waals surface area contributed by atoms with E-state index in [-0.39, 0.29) is 103 Å². The van der Waals surface area contributed by atoms with Crippen molar-refractivity contribution in [3.8, 4) is 0 Å². The summed E-state index contributed by atoms with van der Waals surface area (Å²) in [4.78, 5) is 113. The highest BCUT2D eigenvalue weighted by atomic mass is 16.5. The molecule has 0 aliphatic carbocycles. The van der Waals surface area contributed by atoms with E-state index < -0.39 is 48.1 Å². The van der Waals surface area contributed by atoms with Crippen LogP contribution >= 0.6 is 0 Å². The summed E-state index contributed by atoms with van der Waals surface area (Å²) in [6, 6.07) is 4.91. The monoisotopic (exact) mass is 1060 g/mol. The second-order valence-electron chi connectivity index (χ2n) is 22.0. The van der Waals surface area contributed by atoms with Gasteiger partial charge in [0.2, 0.25) is 23.6 Å². The van der Waals surface area contributed by atoms with E-state index in [2.05, 4.69) is 51.9 Å². The summed E-state index contributed by atoms with van der Waals surface area (Å²) in [7, 11) is 5.10. The molecule has 0 radical (unpaired) electrons. The molecule has 19 nitrogen and oxygen atoms in total. The minimum atomic E-state index is -0.953. The number of hydrogen-bond donors (Lipinski definition) is 6. The average molecular weight is 1060 g/mol. The van der Waals surface area contributed by atoms with E-state index in [1.807, 2.05) is 70.1 Å². The Balaban J connectivity index is 1.28. The first-order valence-electron chi connectivity index (χ1n) is 27.7. The Morgan fingerprint density at radius 1 is 0.842 bits per heavy atom. The Labute approximate surface area is 451 Å². The standard InChI is InChI=1S/C57H91N9O10/c1-12-38(7)42(47(75-10)33-50(70)65-28-19-22-45(65)53(76-11)39(8)55(72)62-44(54(58)71)32-40-34-61-43-21-16-15-20-41(40)43)30-37(6)31-46(67)51(35(2)3)63-56(73)52(36(4)5)64(9)27-18-14-13-17-25-59-57(74)60-26-29-66-48(68)23-24-49(66)69/h15-16,20-21,23-24,34-39,42,44-45,47,51-53,61H,12-14,17-19,22,25-33H2,1-11H3,(H2,58,71)(H,62,72)(H,63,73)(H2,59,60,74)/t37?,38-,39+,42-,44-,45-,47+,51-,52-,53+/m0/s1. The number of fused-ring (bicyclic) bond motifs is 1. The molecule has 1 aromatic heterocycles. The molecule has 7 N–H and O–H groups in total. The Morgan fingerprint density at radius 2 is 1.51 bits per heavy atom. The molecule has 1 saturated heterocycles. The lowest BCUT2D eigenvalue weighted by Gasteiger charge is -2.37. The van der Waals surface area contributed by atoms with Gasteiger partial charge in [0, 0.05) is 82.5 Å². The van der Waals surface area contributed by atoms with Crippen LogP contribution in [-0.4, -0.2) is 157 Å². The quantitative estimate of drug-likeness (QED) is 0.0390. The van der Waals surface area contributed by atoms with Crippen molar-refractivity contribution in [2.45, 2.75) is 162 Å². The number of likely N-dealkylation sites (tertiary alicyclic amines) is 1. The number of H-pyrrole nitrogens is 1. The van der Waals surface area contributed by atoms with Crippen molar-refractivity contribution >= 4 is 58.2 Å². The molecule has 1 fully saturated rings. The van der Waals surface area contributed by atoms with Gasteiger partial charge in [0.25, 0.3) is 11.8 Å². The number of urea groups is 1. The number of hydrogen-bond acceptors (Lipinski definition) is 11. The van der Waals surface area contributed by atoms with Crippen molar-refractivity contribution in [2.75, 3.05) is 54.0 Å². The number of Topliss-reactive ketones (excluding diaryl/α,β-unsaturated/α-hetero) is 1. The molecule has 2 aliphatic rings. The molecule has 2 aromatic rings. The fourth-order valence-electron chi connectivity index (χ4n) is 11.1. The molecule has 4 rings (SSSR count). The number of unbranched alkanes of at least 4 members (excludes halogenated alkanes) is 3. The molecule has 1 aromatic carbocycles. The summed E-state index contributed by atoms with van der Waals surface area (Å²) in [6.07, 6.45) is 9.99. The van der Waals surface area contributed by atoms with Crippen LogP contribution in [0.4, 0.5) is 4.79 Å². The number of nitrogens with two attached hydrogens (primary N) is 1. The molecule has 0 saturated carbocycles. The van der Waals surface area contributed by atoms with E-state index in [0.717, 1.165) is 59.9 Å². The maximum absolute atomic E-state index is 14.4. The topological polar surface area (TPSA) is 255 Å². The zero-order chi connectivity index (χ0) is 56.2. The molecule has 0 spiro atoms. The zero-order valence-corrected chi connectivity index (χ0v) is 47.3. The number of imide groups is 1. The fourth-order valence-corrected chi connectivity index (χ4v) is 11.1. The van der Waals surface area contributed by atoms with Crippen molar-refractivity contribution in [2.24, 2.45) is 41.2 Å². The van der Waals surface area contributed by atoms with E-state index in [9.17, 15) is 38.4 Å². The number of ketones is 1. The molecule has 3 heterocycles. The second-order valence-corrected chi connectivity index (χ2v) is 22.0. The van der Waals surface area contributed by atoms with Gasteiger partial charge in [0.1, 0.15) is 6.04 Å². The number of nitrogens with one attached hydrogen (secondary N) is 5. The Kier molecular flexibility index (Phi) is 25.6. The van der Waals surface area contributed by atoms with Gasteiger partial charge >= 0.3 is 6.03 Å². The largest absolute Gasteiger partial charge is 0.381 e. The fraction of sp³-hybridized carbons (Fsp3) is 0.684. The van der Waals surface area contributed by atoms with E-state index in [0.29, 0.717) is 32.5 Å². The van der Waals surface area contributed by atoms with Crippen LogP contribution in [0.5, 0.6) is 0 Å². The molecule has 0 bridgehead atoms. The average Bonchev–Trinajstić information content (AvgIpc) is 4.12. The van der Waals surface area contributed by atoms with Gasteiger partial charge in [-0.3, -0.25) is 43.4 Å². The number of carbonyl (C=O) groups is 8. The lowest BCUT2D eigenvalue weighted by Crippen LogP contribution is -2.54. The van der Waals surface area contributed by atoms with Gasteiger partial charge in [-0.1, -0.05) is 92.9 Å². The van der Waals surface area contributed by atoms with Gasteiger partial charge in [-0.05, 0) is 86.9 Å². The highest BCUT2D eigenvalue weighted by Crippen LogP contribution is 2.34. The zero-order valence-electron chi connectivity index (χ0n) is 47.3. The van der Waals surface area contributed by atoms with Crippen LogP contribution in [0.2, 0.25) is 0 Å². The maximum atomic E-state index is 14.4. The summed E-state index contributed by atoms with van der Waals surface area (Å²) in [5.74, 6) is -2.94. The number of para-hydroxylation sites is 1. The van der Waals surface area contributed by atoms with Crippen LogP contribution in [0, 0.1) is 35.5 Å². The van der Waals surface area contributed by atoms with Crippen molar-refractivity contribution < 1.29 is 47.8 Å². The number of carbonyl (C=O) groups excluding carboxylic acids is 8. The summed E-state index contributed by atoms with van der Waals surface area (Å²) < 4.78 is 12.1. The molecule has 8 amide bonds. The van der Waals surface area contributed by atoms with Gasteiger partial charge in [-0.15, -0.1) is 0 Å². The van der Waals surface area contributed by atoms with Crippen LogP contribution in [0.1, 0.15) is 125 Å². The number of benzene rings is 1. The predicted molar refractivity (Wildman–Crippen MR) is 293 cm³/mol. The second kappa shape index (κ2) is 30.9. The SMILES string of the molecule is CC[C@H](C)[C@H](CC(C)CC(=O)[C@@H](NC(=O)[C@H](C(C)C)N(C)CCCCCCNC(=O)NCCN1C(=O)C=CC1=O)C(C)C)[C@@H](CC(=O)N1CCC[C@H]1[C@H](OC)[C@@H](C)C(=O)N[C@@H](Cc1c[nH]c2ccccc12)C(N)=O)OC. The van der Waals surface area contributed by atoms with Gasteiger partial charge < -0.3 is 46.4 Å². The number of rotatable bonds is 34. The number of primary amides is 1. The first-order valence-corrected chi connectivity index (χ1v) is 27.7. The van der Waals surface area contributed by atoms with Gasteiger partial charge in [-0.2, -0.15) is 0 Å². The highest BCUT2D eigenvalue weighted by molar-refractivity contribution is 6.12. The Bertz CT molecular complexity index is 2260. The Hall–Kier alpha value is -5.66. The van der Waals surface area contributed by atoms with Crippen LogP contribution in [-0.2, 0) is 49.5 Å². The van der Waals surface area contributed by atoms with Crippen LogP contribution in [0.25, 0.3) is 10.9 Å². The third kappa shape index (κ3) is 18.0. The van der Waals surface area contributed by atoms with Gasteiger partial charge in [-0.25, -0.2) is 4.79 Å². The molecule has 76 heavy (non-hydrogen) atoms. The normalized spacial score (nSPS) is 18.4. The summed E-state index contributed by atoms with van der Waals surface area (Å²) in [6.45, 7) is 17.9. The molecular formula is C57H91N9O10. The Morgan fingerprint density at radius 3 is 2.14 bits per heavy atom. The van der Waals surface area contributed by atoms with Crippen LogP contribution in [0.3, 0.4) is 0 Å². The van der Waals surface area contributed by atoms with E-state index >= 15 is 0 Å². The summed E-state index contributed by atoms with van der Waals surface area (Å²) in [5, 5.41) is 12.4. The highest BCUT2D eigenvalue weighted by Gasteiger charge is 2.42. The molecule has 1 unspecified atom stereocenters. The molecule has 2 aliphatic heterocycles. The number of nitrogens with zero attached hydrogens (tertiary/aromatic N) is 3. The maximum Gasteiger partial charge on any atom is 0.314 e. The minimum absolute atomic E-state index is 0.0141. The van der Waals surface area contributed by atoms with Crippen molar-refractivity contribution in [3.05, 3.63) is 48.2 Å². The van der Waals surface area contributed by atoms with E-state index in [1.165, 1.54) is 19.3 Å². The van der Waals surface area contributed by atoms with Crippen LogP contribution < -0.4 is 27.0 Å². The molecule has 424 valence electrons. The number of methoxy groups -OCH3 is 2. The van der Waals surface area contributed by atoms with Gasteiger partial charge in [0.05, 0.1) is 42.7 Å². The first kappa shape index (κ1) is 62.9. The third-order valence-corrected chi connectivity index (χ3v) is 15.6. The lowest BCUT2D eigenvalue weighted by molar-refractivity contribution is -0.143. The van der Waals surface area contributed by atoms with Gasteiger partial charge in [0.15, 0.2) is 5.78 Å². The number of amides is 8. The summed E-state index contributed by atoms with van der Waals surface area (Å²) >= 11 is 0. The first-order chi connectivity index (χ1) is 36.1. The lowest BCUT2D eigenvalue weighted by atomic mass is 9.77. The smallest absolute Gasteiger partial charge is 0.314 e. The summed E-state index contributed by atoms with van der Waals surface area (Å²) in [5.41, 5.74) is 7.59. The number of likely N-dealkylation sites (N-methyl/N-ethyl adjacent to an activating group) is 1. The third-order valence-electron chi connectivity index (χ3n) is 15.6.